The highest BCUT2D eigenvalue weighted by Gasteiger charge is 2.47. The van der Waals surface area contributed by atoms with Crippen molar-refractivity contribution in [3.05, 3.63) is 70.8 Å². The van der Waals surface area contributed by atoms with E-state index in [9.17, 15) is 70.7 Å². The zero-order chi connectivity index (χ0) is 71.8. The lowest BCUT2D eigenvalue weighted by Gasteiger charge is -2.32. The van der Waals surface area contributed by atoms with E-state index in [-0.39, 0.29) is 130 Å². The molecule has 2 aliphatic heterocycles. The van der Waals surface area contributed by atoms with Gasteiger partial charge in [0.05, 0.1) is 51.7 Å². The van der Waals surface area contributed by atoms with Gasteiger partial charge in [-0.3, -0.25) is 52.7 Å². The number of carbonyl (C=O) groups excluding carboxylic acids is 12. The van der Waals surface area contributed by atoms with Crippen LogP contribution >= 0.6 is 0 Å². The van der Waals surface area contributed by atoms with Crippen molar-refractivity contribution < 1.29 is 89.7 Å². The molecule has 2 aromatic rings. The molecular weight excluding hydrogens is 1270 g/mol. The van der Waals surface area contributed by atoms with Crippen LogP contribution in [0.2, 0.25) is 0 Å². The minimum absolute atomic E-state index is 0.0609. The summed E-state index contributed by atoms with van der Waals surface area (Å²) in [4.78, 5) is 158. The molecule has 8 amide bonds. The predicted molar refractivity (Wildman–Crippen MR) is 354 cm³/mol. The van der Waals surface area contributed by atoms with E-state index in [1.54, 1.807) is 43.0 Å². The van der Waals surface area contributed by atoms with E-state index < -0.39 is 77.6 Å². The topological polar surface area (TPSA) is 320 Å². The van der Waals surface area contributed by atoms with Crippen LogP contribution in [0.25, 0.3) is 0 Å². The van der Waals surface area contributed by atoms with Crippen LogP contribution < -0.4 is 31.9 Å². The standard InChI is InChI=1S/C70H103F3N8O16/c1-44(2)54(67(91)80-33-13-19-55(80)65(89)77-59(45(3)4)48(9)82)43-58(85)50-24-26-51(27-25-50)63(87)74-31-37-96-41-39-94-35-15-18-53(83)17-11-10-12-30-75-69(93)76-32-38-97-42-40-95-36-16-21-57(84)49-22-28-52(29-23-49)64(88)79-61(47(7)8)68(92)81-34-14-20-56(81)66(90)78-60(46(5)6)62(86)70(71,72)73/h22-29,44-47,54-56,59-61H,10-21,30-43H2,1-9H3,(H,74,87)(H,77,89)(H,78,90)(H,79,88)(H2,75,76,93)/t54-,55-,56-,59?,60?,61-/m0/s1. The number of alkyl halides is 3. The summed E-state index contributed by atoms with van der Waals surface area (Å²) in [7, 11) is 0. The van der Waals surface area contributed by atoms with Crippen LogP contribution in [0.1, 0.15) is 187 Å². The fraction of sp³-hybridized carbons (Fsp3) is 0.657. The number of urea groups is 1. The third-order valence-corrected chi connectivity index (χ3v) is 17.0. The van der Waals surface area contributed by atoms with Gasteiger partial charge in [-0.05, 0) is 106 Å². The van der Waals surface area contributed by atoms with Crippen LogP contribution in [0, 0.1) is 29.6 Å². The molecule has 2 aromatic carbocycles. The third kappa shape index (κ3) is 28.1. The fourth-order valence-electron chi connectivity index (χ4n) is 11.3. The lowest BCUT2D eigenvalue weighted by Crippen LogP contribution is -2.58. The van der Waals surface area contributed by atoms with Gasteiger partial charge in [-0.25, -0.2) is 4.79 Å². The number of hydrogen-bond acceptors (Lipinski definition) is 16. The molecule has 0 spiro atoms. The Bertz CT molecular complexity index is 2930. The molecule has 2 saturated heterocycles. The van der Waals surface area contributed by atoms with Crippen LogP contribution in [0.3, 0.4) is 0 Å². The maximum absolute atomic E-state index is 13.8. The Morgan fingerprint density at radius 1 is 0.464 bits per heavy atom. The SMILES string of the molecule is CC(=O)C(NC(=O)[C@@H]1CCCN1C(=O)[C@@H](CC(=O)c1ccc(C(=O)NCCOCCOCCCC(=O)CCCCCNC(=O)NCCOCCOCCCC(=O)c2ccc(C(=O)N[C@H](C(=O)N3CCC[C@H]3C(=O)NC(C(=O)C(F)(F)F)C(C)C)C(C)C)cc2)cc1)C(C)C)C(C)C. The van der Waals surface area contributed by atoms with E-state index in [2.05, 4.69) is 31.9 Å². The Morgan fingerprint density at radius 3 is 1.41 bits per heavy atom. The van der Waals surface area contributed by atoms with Gasteiger partial charge in [0.2, 0.25) is 23.6 Å². The number of halogens is 3. The van der Waals surface area contributed by atoms with Gasteiger partial charge in [-0.1, -0.05) is 86.1 Å². The number of benzene rings is 2. The van der Waals surface area contributed by atoms with Gasteiger partial charge in [0.15, 0.2) is 17.3 Å². The number of rotatable bonds is 45. The molecule has 2 aliphatic rings. The molecule has 6 N–H and O–H groups in total. The Hall–Kier alpha value is -7.49. The van der Waals surface area contributed by atoms with E-state index in [1.165, 1.54) is 49.9 Å². The van der Waals surface area contributed by atoms with Gasteiger partial charge in [-0.15, -0.1) is 0 Å². The van der Waals surface area contributed by atoms with Gasteiger partial charge in [0, 0.05) is 99.8 Å². The number of nitrogens with zero attached hydrogens (tertiary/aromatic N) is 2. The third-order valence-electron chi connectivity index (χ3n) is 17.0. The normalized spacial score (nSPS) is 16.0. The van der Waals surface area contributed by atoms with Crippen LogP contribution in [0.15, 0.2) is 48.5 Å². The molecule has 0 saturated carbocycles. The van der Waals surface area contributed by atoms with Crippen LogP contribution in [0.5, 0.6) is 0 Å². The summed E-state index contributed by atoms with van der Waals surface area (Å²) in [6.45, 7) is 18.9. The number of ether oxygens (including phenoxy) is 4. The lowest BCUT2D eigenvalue weighted by molar-refractivity contribution is -0.175. The van der Waals surface area contributed by atoms with Crippen molar-refractivity contribution in [1.82, 2.24) is 41.7 Å². The summed E-state index contributed by atoms with van der Waals surface area (Å²) < 4.78 is 62.0. The molecule has 0 aromatic heterocycles. The molecule has 27 heteroatoms. The first-order valence-electron chi connectivity index (χ1n) is 34.1. The number of amides is 8. The van der Waals surface area contributed by atoms with Crippen LogP contribution in [-0.2, 0) is 52.5 Å². The number of likely N-dealkylation sites (tertiary alicyclic amines) is 2. The molecule has 2 fully saturated rings. The van der Waals surface area contributed by atoms with Crippen molar-refractivity contribution in [2.45, 2.75) is 182 Å². The van der Waals surface area contributed by atoms with Gasteiger partial charge in [-0.2, -0.15) is 13.2 Å². The highest BCUT2D eigenvalue weighted by molar-refractivity contribution is 6.03. The average Bonchev–Trinajstić information content (AvgIpc) is 1.77. The van der Waals surface area contributed by atoms with Gasteiger partial charge < -0.3 is 60.6 Å². The maximum atomic E-state index is 13.8. The Morgan fingerprint density at radius 2 is 0.907 bits per heavy atom. The molecule has 6 atom stereocenters. The minimum atomic E-state index is -5.16. The highest BCUT2D eigenvalue weighted by Crippen LogP contribution is 2.28. The molecule has 0 bridgehead atoms. The summed E-state index contributed by atoms with van der Waals surface area (Å²) in [5.41, 5.74) is 1.25. The molecule has 24 nitrogen and oxygen atoms in total. The van der Waals surface area contributed by atoms with Crippen molar-refractivity contribution in [3.63, 3.8) is 0 Å². The molecule has 0 radical (unpaired) electrons. The first-order valence-corrected chi connectivity index (χ1v) is 34.1. The molecule has 540 valence electrons. The summed E-state index contributed by atoms with van der Waals surface area (Å²) >= 11 is 0. The molecule has 4 rings (SSSR count). The van der Waals surface area contributed by atoms with Gasteiger partial charge in [0.1, 0.15) is 23.9 Å². The lowest BCUT2D eigenvalue weighted by atomic mass is 9.87. The average molecular weight is 1370 g/mol. The van der Waals surface area contributed by atoms with Crippen molar-refractivity contribution in [2.75, 3.05) is 85.6 Å². The van der Waals surface area contributed by atoms with Crippen molar-refractivity contribution in [3.8, 4) is 0 Å². The zero-order valence-electron chi connectivity index (χ0n) is 57.8. The molecular formula is C70H103F3N8O16. The van der Waals surface area contributed by atoms with E-state index in [4.69, 9.17) is 18.9 Å². The van der Waals surface area contributed by atoms with Crippen molar-refractivity contribution in [1.29, 1.82) is 0 Å². The van der Waals surface area contributed by atoms with E-state index >= 15 is 0 Å². The van der Waals surface area contributed by atoms with E-state index in [0.717, 1.165) is 6.42 Å². The van der Waals surface area contributed by atoms with E-state index in [0.29, 0.717) is 114 Å². The van der Waals surface area contributed by atoms with Crippen molar-refractivity contribution >= 4 is 70.4 Å². The minimum Gasteiger partial charge on any atom is -0.379 e. The van der Waals surface area contributed by atoms with Gasteiger partial charge in [0.25, 0.3) is 17.6 Å². The Kier molecular flexibility index (Phi) is 35.8. The summed E-state index contributed by atoms with van der Waals surface area (Å²) in [5.74, 6) is -7.82. The smallest absolute Gasteiger partial charge is 0.379 e. The Balaban J connectivity index is 0.948. The monoisotopic (exact) mass is 1370 g/mol. The zero-order valence-corrected chi connectivity index (χ0v) is 57.8. The first-order chi connectivity index (χ1) is 46.0. The number of Topliss-reactive ketones (excluding diaryl/α,β-unsaturated/α-hetero) is 5. The van der Waals surface area contributed by atoms with Crippen molar-refractivity contribution in [2.24, 2.45) is 29.6 Å². The second-order valence-corrected chi connectivity index (χ2v) is 26.0. The highest BCUT2D eigenvalue weighted by atomic mass is 19.4. The number of nitrogens with one attached hydrogen (secondary N) is 6. The molecule has 2 heterocycles. The molecule has 97 heavy (non-hydrogen) atoms. The quantitative estimate of drug-likeness (QED) is 0.0289. The number of ketones is 5. The number of unbranched alkanes of at least 4 members (excludes halogenated alkanes) is 2. The Labute approximate surface area is 567 Å². The van der Waals surface area contributed by atoms with E-state index in [1.807, 2.05) is 27.7 Å². The van der Waals surface area contributed by atoms with Crippen LogP contribution in [-0.4, -0.2) is 202 Å². The predicted octanol–water partition coefficient (Wildman–Crippen LogP) is 6.94. The number of carbonyl (C=O) groups is 12. The molecule has 2 unspecified atom stereocenters. The fourth-order valence-corrected chi connectivity index (χ4v) is 11.3. The summed E-state index contributed by atoms with van der Waals surface area (Å²) in [6.07, 6.45) is 0.658. The summed E-state index contributed by atoms with van der Waals surface area (Å²) in [5, 5.41) is 16.0. The largest absolute Gasteiger partial charge is 0.452 e. The molecule has 0 aliphatic carbocycles. The van der Waals surface area contributed by atoms with Crippen LogP contribution in [0.4, 0.5) is 18.0 Å². The maximum Gasteiger partial charge on any atom is 0.452 e. The second kappa shape index (κ2) is 42.4. The van der Waals surface area contributed by atoms with Gasteiger partial charge >= 0.3 is 12.2 Å². The first kappa shape index (κ1) is 81.9. The summed E-state index contributed by atoms with van der Waals surface area (Å²) in [6, 6.07) is 6.41. The second-order valence-electron chi connectivity index (χ2n) is 26.0. The number of hydrogen-bond donors (Lipinski definition) is 6.